The molecule has 142 valence electrons. The van der Waals surface area contributed by atoms with Crippen molar-refractivity contribution in [1.82, 2.24) is 4.90 Å². The van der Waals surface area contributed by atoms with Gasteiger partial charge in [-0.25, -0.2) is 0 Å². The predicted octanol–water partition coefficient (Wildman–Crippen LogP) is 4.82. The Bertz CT molecular complexity index is 965. The van der Waals surface area contributed by atoms with Crippen LogP contribution >= 0.6 is 17.4 Å². The number of benzene rings is 3. The summed E-state index contributed by atoms with van der Waals surface area (Å²) in [5.74, 6) is 0. The van der Waals surface area contributed by atoms with Crippen molar-refractivity contribution in [2.45, 2.75) is 18.2 Å². The fraction of sp³-hybridized carbons (Fsp3) is 0.174. The Morgan fingerprint density at radius 1 is 0.821 bits per heavy atom. The van der Waals surface area contributed by atoms with Crippen LogP contribution < -0.4 is 10.6 Å². The third-order valence-corrected chi connectivity index (χ3v) is 12.4. The topological polar surface area (TPSA) is 15.6 Å². The maximum atomic E-state index is 5.42. The molecule has 0 bridgehead atoms. The molecule has 28 heavy (non-hydrogen) atoms. The Kier molecular flexibility index (Phi) is 5.94. The van der Waals surface area contributed by atoms with E-state index in [2.05, 4.69) is 125 Å². The molecule has 5 heteroatoms. The van der Waals surface area contributed by atoms with Gasteiger partial charge in [0.1, 0.15) is 0 Å². The fourth-order valence-electron chi connectivity index (χ4n) is 3.40. The zero-order valence-corrected chi connectivity index (χ0v) is 19.4. The molecule has 2 atom stereocenters. The van der Waals surface area contributed by atoms with Crippen molar-refractivity contribution in [3.8, 4) is 0 Å². The van der Waals surface area contributed by atoms with Crippen LogP contribution in [0.25, 0.3) is 0 Å². The Morgan fingerprint density at radius 3 is 1.79 bits per heavy atom. The Balaban J connectivity index is 1.78. The molecule has 3 aromatic rings. The molecule has 1 aliphatic heterocycles. The van der Waals surface area contributed by atoms with Gasteiger partial charge in [0.15, 0.2) is 0 Å². The first-order valence-electron chi connectivity index (χ1n) is 9.35. The zero-order valence-electron chi connectivity index (χ0n) is 16.0. The van der Waals surface area contributed by atoms with Crippen LogP contribution in [0.1, 0.15) is 17.7 Å². The number of likely N-dealkylation sites (N-methyl/N-ethyl adjacent to an activating group) is 1. The Morgan fingerprint density at radius 2 is 1.29 bits per heavy atom. The van der Waals surface area contributed by atoms with Gasteiger partial charge in [0, 0.05) is 0 Å². The third kappa shape index (κ3) is 3.80. The van der Waals surface area contributed by atoms with Gasteiger partial charge in [-0.05, 0) is 0 Å². The summed E-state index contributed by atoms with van der Waals surface area (Å²) in [5, 5.41) is 4.03. The van der Waals surface area contributed by atoms with Gasteiger partial charge in [-0.2, -0.15) is 0 Å². The van der Waals surface area contributed by atoms with Gasteiger partial charge in [-0.15, -0.1) is 0 Å². The van der Waals surface area contributed by atoms with E-state index < -0.39 is 5.66 Å². The van der Waals surface area contributed by atoms with Crippen molar-refractivity contribution in [3.05, 3.63) is 96.6 Å². The van der Waals surface area contributed by atoms with Gasteiger partial charge >= 0.3 is 180 Å². The van der Waals surface area contributed by atoms with E-state index in [1.807, 2.05) is 11.8 Å². The van der Waals surface area contributed by atoms with Crippen LogP contribution in [0.2, 0.25) is 0 Å². The SMILES string of the molecule is C[C@@H]1[C@@H](c2ccccc2)S/C(=N/P(=[Se])(c2ccccc2)c2ccccc2)N1C. The van der Waals surface area contributed by atoms with Gasteiger partial charge in [-0.3, -0.25) is 0 Å². The van der Waals surface area contributed by atoms with Crippen LogP contribution in [-0.4, -0.2) is 38.3 Å². The van der Waals surface area contributed by atoms with E-state index in [0.717, 1.165) is 5.17 Å². The molecule has 0 spiro atoms. The average molecular weight is 469 g/mol. The molecule has 0 amide bonds. The molecule has 1 aliphatic rings. The van der Waals surface area contributed by atoms with Crippen molar-refractivity contribution in [1.29, 1.82) is 0 Å². The maximum absolute atomic E-state index is 5.42. The number of hydrogen-bond acceptors (Lipinski definition) is 2. The number of amidine groups is 1. The predicted molar refractivity (Wildman–Crippen MR) is 126 cm³/mol. The molecule has 3 aromatic carbocycles. The number of thioether (sulfide) groups is 1. The van der Waals surface area contributed by atoms with Crippen molar-refractivity contribution >= 4 is 48.3 Å². The molecule has 0 N–H and O–H groups in total. The third-order valence-electron chi connectivity index (χ3n) is 5.15. The van der Waals surface area contributed by atoms with Crippen molar-refractivity contribution in [2.24, 2.45) is 4.76 Å². The van der Waals surface area contributed by atoms with Crippen molar-refractivity contribution in [2.75, 3.05) is 7.05 Å². The Hall–Kier alpha value is -1.57. The van der Waals surface area contributed by atoms with Gasteiger partial charge < -0.3 is 0 Å². The van der Waals surface area contributed by atoms with Crippen LogP contribution in [0.4, 0.5) is 0 Å². The van der Waals surface area contributed by atoms with Crippen LogP contribution in [-0.2, 0) is 0 Å². The second kappa shape index (κ2) is 8.43. The van der Waals surface area contributed by atoms with Gasteiger partial charge in [-0.1, -0.05) is 0 Å². The van der Waals surface area contributed by atoms with Gasteiger partial charge in [0.25, 0.3) is 0 Å². The molecule has 1 heterocycles. The summed E-state index contributed by atoms with van der Waals surface area (Å²) in [6.45, 7) is 2.29. The molecule has 2 nitrogen and oxygen atoms in total. The van der Waals surface area contributed by atoms with E-state index in [1.165, 1.54) is 16.2 Å². The standard InChI is InChI=1S/C23H23N2PSSe/c1-18-22(19-12-6-3-7-13-19)27-23(25(18)2)24-26(28,20-14-8-4-9-15-20)21-16-10-5-11-17-21/h3-18,22H,1-2H3/b24-23+/t18-,22+/m1/s1. The summed E-state index contributed by atoms with van der Waals surface area (Å²) < 4.78 is 5.42. The van der Waals surface area contributed by atoms with E-state index in [1.54, 1.807) is 0 Å². The molecule has 0 aliphatic carbocycles. The first kappa shape index (κ1) is 19.7. The number of hydrogen-bond donors (Lipinski definition) is 0. The van der Waals surface area contributed by atoms with Crippen LogP contribution in [0.3, 0.4) is 0 Å². The number of nitrogens with zero attached hydrogens (tertiary/aromatic N) is 2. The summed E-state index contributed by atoms with van der Waals surface area (Å²) in [6.07, 6.45) is 0. The monoisotopic (exact) mass is 470 g/mol. The van der Waals surface area contributed by atoms with Gasteiger partial charge in [0.05, 0.1) is 0 Å². The van der Waals surface area contributed by atoms with E-state index in [4.69, 9.17) is 4.76 Å². The first-order valence-corrected chi connectivity index (χ1v) is 14.2. The molecule has 0 saturated carbocycles. The minimum atomic E-state index is -2.00. The minimum absolute atomic E-state index is 0.393. The molecular formula is C23H23N2PSSe. The average Bonchev–Trinajstić information content (AvgIpc) is 3.04. The van der Waals surface area contributed by atoms with Crippen LogP contribution in [0.15, 0.2) is 95.8 Å². The number of rotatable bonds is 4. The first-order chi connectivity index (χ1) is 13.6. The molecule has 0 unspecified atom stereocenters. The van der Waals surface area contributed by atoms with Crippen LogP contribution in [0, 0.1) is 0 Å². The second-order valence-electron chi connectivity index (χ2n) is 6.93. The second-order valence-corrected chi connectivity index (χ2v) is 13.8. The molecule has 0 radical (unpaired) electrons. The van der Waals surface area contributed by atoms with Gasteiger partial charge in [0.2, 0.25) is 0 Å². The fourth-order valence-corrected chi connectivity index (χ4v) is 9.62. The summed E-state index contributed by atoms with van der Waals surface area (Å²) in [4.78, 5) is 2.33. The molecule has 1 fully saturated rings. The van der Waals surface area contributed by atoms with E-state index in [9.17, 15) is 0 Å². The quantitative estimate of drug-likeness (QED) is 0.402. The summed E-state index contributed by atoms with van der Waals surface area (Å²) in [5.41, 5.74) is -0.643. The summed E-state index contributed by atoms with van der Waals surface area (Å²) in [7, 11) is 2.17. The Labute approximate surface area is 179 Å². The molecule has 0 aromatic heterocycles. The normalized spacial score (nSPS) is 21.2. The van der Waals surface area contributed by atoms with Crippen LogP contribution in [0.5, 0.6) is 0 Å². The zero-order chi connectivity index (χ0) is 19.6. The van der Waals surface area contributed by atoms with E-state index in [0.29, 0.717) is 11.3 Å². The van der Waals surface area contributed by atoms with E-state index >= 15 is 0 Å². The summed E-state index contributed by atoms with van der Waals surface area (Å²) in [6, 6.07) is 32.5. The molecule has 1 saturated heterocycles. The van der Waals surface area contributed by atoms with E-state index in [-0.39, 0.29) is 0 Å². The van der Waals surface area contributed by atoms with Crippen molar-refractivity contribution in [3.63, 3.8) is 0 Å². The molecule has 4 rings (SSSR count). The molecular weight excluding hydrogens is 446 g/mol. The van der Waals surface area contributed by atoms with Crippen molar-refractivity contribution < 1.29 is 0 Å². The summed E-state index contributed by atoms with van der Waals surface area (Å²) >= 11 is 5.40.